The Labute approximate surface area is 108 Å². The van der Waals surface area contributed by atoms with Crippen molar-refractivity contribution < 1.29 is 4.74 Å². The number of methoxy groups -OCH3 is 1. The Kier molecular flexibility index (Phi) is 6.50. The number of anilines is 1. The highest BCUT2D eigenvalue weighted by atomic mass is 32.1. The lowest BCUT2D eigenvalue weighted by molar-refractivity contribution is 0.192. The van der Waals surface area contributed by atoms with Crippen molar-refractivity contribution in [3.8, 4) is 0 Å². The highest BCUT2D eigenvalue weighted by Crippen LogP contribution is 2.06. The summed E-state index contributed by atoms with van der Waals surface area (Å²) in [5, 5.41) is 3.30. The van der Waals surface area contributed by atoms with Crippen molar-refractivity contribution >= 4 is 22.9 Å². The summed E-state index contributed by atoms with van der Waals surface area (Å²) in [6.45, 7) is 1.78. The average Bonchev–Trinajstić information content (AvgIpc) is 2.34. The quantitative estimate of drug-likeness (QED) is 0.548. The first-order valence-corrected chi connectivity index (χ1v) is 6.13. The molecule has 4 nitrogen and oxygen atoms in total. The molecule has 0 spiro atoms. The Hall–Kier alpha value is -1.20. The van der Waals surface area contributed by atoms with Crippen molar-refractivity contribution in [3.63, 3.8) is 0 Å². The fourth-order valence-electron chi connectivity index (χ4n) is 1.43. The fourth-order valence-corrected chi connectivity index (χ4v) is 1.55. The Morgan fingerprint density at radius 2 is 2.24 bits per heavy atom. The number of nitrogens with one attached hydrogen (secondary N) is 1. The van der Waals surface area contributed by atoms with Gasteiger partial charge in [0.05, 0.1) is 17.6 Å². The highest BCUT2D eigenvalue weighted by molar-refractivity contribution is 7.80. The maximum absolute atomic E-state index is 5.47. The van der Waals surface area contributed by atoms with Crippen LogP contribution in [0.25, 0.3) is 0 Å². The largest absolute Gasteiger partial charge is 0.388 e. The summed E-state index contributed by atoms with van der Waals surface area (Å²) in [6, 6.07) is 3.77. The number of nitrogens with two attached hydrogens (primary N) is 1. The number of hydrogen-bond donors (Lipinski definition) is 2. The van der Waals surface area contributed by atoms with E-state index in [1.54, 1.807) is 13.3 Å². The summed E-state index contributed by atoms with van der Waals surface area (Å²) in [5.74, 6) is 0. The molecule has 0 radical (unpaired) electrons. The predicted octanol–water partition coefficient (Wildman–Crippen LogP) is 1.94. The number of hydrogen-bond acceptors (Lipinski definition) is 4. The topological polar surface area (TPSA) is 60.2 Å². The van der Waals surface area contributed by atoms with E-state index in [9.17, 15) is 0 Å². The third kappa shape index (κ3) is 5.60. The van der Waals surface area contributed by atoms with E-state index in [0.29, 0.717) is 10.7 Å². The molecule has 3 N–H and O–H groups in total. The summed E-state index contributed by atoms with van der Waals surface area (Å²) in [6.07, 6.45) is 5.15. The number of ether oxygens (including phenoxy) is 1. The second-order valence-corrected chi connectivity index (χ2v) is 4.22. The normalized spacial score (nSPS) is 10.2. The molecule has 0 saturated heterocycles. The molecule has 5 heteroatoms. The number of thiocarbonyl (C=S) groups is 1. The van der Waals surface area contributed by atoms with Gasteiger partial charge in [-0.25, -0.2) is 0 Å². The van der Waals surface area contributed by atoms with Crippen molar-refractivity contribution in [1.29, 1.82) is 0 Å². The third-order valence-corrected chi connectivity index (χ3v) is 2.58. The van der Waals surface area contributed by atoms with Gasteiger partial charge in [0.15, 0.2) is 0 Å². The lowest BCUT2D eigenvalue weighted by Crippen LogP contribution is -2.11. The van der Waals surface area contributed by atoms with Crippen LogP contribution in [0.3, 0.4) is 0 Å². The number of pyridine rings is 1. The number of rotatable bonds is 8. The molecule has 1 heterocycles. The molecule has 0 atom stereocenters. The summed E-state index contributed by atoms with van der Waals surface area (Å²) in [4.78, 5) is 4.49. The molecule has 0 aliphatic heterocycles. The molecule has 17 heavy (non-hydrogen) atoms. The van der Waals surface area contributed by atoms with Crippen molar-refractivity contribution in [3.05, 3.63) is 24.0 Å². The highest BCUT2D eigenvalue weighted by Gasteiger charge is 1.97. The van der Waals surface area contributed by atoms with Gasteiger partial charge in [-0.05, 0) is 31.4 Å². The van der Waals surface area contributed by atoms with E-state index in [2.05, 4.69) is 10.3 Å². The Morgan fingerprint density at radius 3 is 2.82 bits per heavy atom. The van der Waals surface area contributed by atoms with Gasteiger partial charge >= 0.3 is 0 Å². The summed E-state index contributed by atoms with van der Waals surface area (Å²) in [7, 11) is 1.73. The van der Waals surface area contributed by atoms with E-state index in [-0.39, 0.29) is 0 Å². The molecule has 1 rings (SSSR count). The zero-order chi connectivity index (χ0) is 12.5. The number of unbranched alkanes of at least 4 members (excludes halogenated alkanes) is 2. The first-order valence-electron chi connectivity index (χ1n) is 5.72. The van der Waals surface area contributed by atoms with Gasteiger partial charge in [0.25, 0.3) is 0 Å². The van der Waals surface area contributed by atoms with Gasteiger partial charge in [0.2, 0.25) is 0 Å². The maximum Gasteiger partial charge on any atom is 0.122 e. The molecular weight excluding hydrogens is 234 g/mol. The van der Waals surface area contributed by atoms with Gasteiger partial charge < -0.3 is 15.8 Å². The van der Waals surface area contributed by atoms with Crippen molar-refractivity contribution in [1.82, 2.24) is 4.98 Å². The lowest BCUT2D eigenvalue weighted by atomic mass is 10.2. The lowest BCUT2D eigenvalue weighted by Gasteiger charge is -2.06. The minimum absolute atomic E-state index is 0.330. The molecule has 0 amide bonds. The Morgan fingerprint density at radius 1 is 1.41 bits per heavy atom. The summed E-state index contributed by atoms with van der Waals surface area (Å²) >= 11 is 4.84. The predicted molar refractivity (Wildman–Crippen MR) is 74.3 cm³/mol. The average molecular weight is 253 g/mol. The molecule has 1 aromatic rings. The first-order chi connectivity index (χ1) is 8.24. The molecule has 1 aromatic heterocycles. The van der Waals surface area contributed by atoms with Crippen LogP contribution in [0.15, 0.2) is 18.3 Å². The summed E-state index contributed by atoms with van der Waals surface area (Å²) in [5.41, 5.74) is 7.12. The van der Waals surface area contributed by atoms with Gasteiger partial charge in [-0.15, -0.1) is 0 Å². The van der Waals surface area contributed by atoms with Gasteiger partial charge in [-0.2, -0.15) is 0 Å². The second kappa shape index (κ2) is 7.97. The summed E-state index contributed by atoms with van der Waals surface area (Å²) < 4.78 is 4.99. The Balaban J connectivity index is 2.21. The van der Waals surface area contributed by atoms with E-state index in [1.165, 1.54) is 6.42 Å². The van der Waals surface area contributed by atoms with Crippen LogP contribution < -0.4 is 11.1 Å². The minimum atomic E-state index is 0.330. The first kappa shape index (κ1) is 13.9. The van der Waals surface area contributed by atoms with Crippen LogP contribution in [0.1, 0.15) is 25.0 Å². The van der Waals surface area contributed by atoms with Crippen LogP contribution in [0, 0.1) is 0 Å². The smallest absolute Gasteiger partial charge is 0.122 e. The van der Waals surface area contributed by atoms with Crippen LogP contribution in [0.5, 0.6) is 0 Å². The maximum atomic E-state index is 5.47. The molecule has 0 bridgehead atoms. The minimum Gasteiger partial charge on any atom is -0.388 e. The van der Waals surface area contributed by atoms with E-state index < -0.39 is 0 Å². The molecule has 0 fully saturated rings. The Bertz CT molecular complexity index is 340. The molecule has 0 aliphatic rings. The SMILES string of the molecule is COCCCCCNc1ccc(C(N)=S)nc1. The van der Waals surface area contributed by atoms with Crippen LogP contribution in [0.4, 0.5) is 5.69 Å². The van der Waals surface area contributed by atoms with E-state index in [4.69, 9.17) is 22.7 Å². The zero-order valence-corrected chi connectivity index (χ0v) is 10.9. The van der Waals surface area contributed by atoms with Crippen LogP contribution in [-0.4, -0.2) is 30.2 Å². The molecule has 0 saturated carbocycles. The number of aromatic nitrogens is 1. The number of nitrogens with zero attached hydrogens (tertiary/aromatic N) is 1. The van der Waals surface area contributed by atoms with Gasteiger partial charge in [0.1, 0.15) is 4.99 Å². The zero-order valence-electron chi connectivity index (χ0n) is 10.1. The van der Waals surface area contributed by atoms with Gasteiger partial charge in [-0.3, -0.25) is 4.98 Å². The van der Waals surface area contributed by atoms with E-state index >= 15 is 0 Å². The second-order valence-electron chi connectivity index (χ2n) is 3.78. The molecule has 94 valence electrons. The van der Waals surface area contributed by atoms with Crippen LogP contribution in [0.2, 0.25) is 0 Å². The molecule has 0 aliphatic carbocycles. The van der Waals surface area contributed by atoms with E-state index in [1.807, 2.05) is 12.1 Å². The van der Waals surface area contributed by atoms with Gasteiger partial charge in [0, 0.05) is 20.3 Å². The van der Waals surface area contributed by atoms with Crippen molar-refractivity contribution in [2.75, 3.05) is 25.6 Å². The molecular formula is C12H19N3OS. The molecule has 0 unspecified atom stereocenters. The fraction of sp³-hybridized carbons (Fsp3) is 0.500. The van der Waals surface area contributed by atoms with Crippen LogP contribution >= 0.6 is 12.2 Å². The molecule has 0 aromatic carbocycles. The van der Waals surface area contributed by atoms with Crippen LogP contribution in [-0.2, 0) is 4.74 Å². The van der Waals surface area contributed by atoms with Crippen molar-refractivity contribution in [2.45, 2.75) is 19.3 Å². The third-order valence-electron chi connectivity index (χ3n) is 2.37. The van der Waals surface area contributed by atoms with Crippen molar-refractivity contribution in [2.24, 2.45) is 5.73 Å². The standard InChI is InChI=1S/C12H19N3OS/c1-16-8-4-2-3-7-14-10-5-6-11(12(13)17)15-9-10/h5-6,9,14H,2-4,7-8H2,1H3,(H2,13,17). The monoisotopic (exact) mass is 253 g/mol. The van der Waals surface area contributed by atoms with Gasteiger partial charge in [-0.1, -0.05) is 12.2 Å². The van der Waals surface area contributed by atoms with E-state index in [0.717, 1.165) is 31.7 Å².